The highest BCUT2D eigenvalue weighted by Crippen LogP contribution is 2.35. The molecule has 0 bridgehead atoms. The third-order valence-corrected chi connectivity index (χ3v) is 2.55. The number of nitrogens with two attached hydrogens (primary N) is 1. The molecule has 0 saturated carbocycles. The maximum absolute atomic E-state index is 12.8. The van der Waals surface area contributed by atoms with E-state index in [-0.39, 0.29) is 11.4 Å². The first-order valence-electron chi connectivity index (χ1n) is 4.56. The Labute approximate surface area is 103 Å². The van der Waals surface area contributed by atoms with E-state index in [4.69, 9.17) is 5.73 Å². The molecule has 17 heavy (non-hydrogen) atoms. The van der Waals surface area contributed by atoms with E-state index in [1.54, 1.807) is 6.07 Å². The van der Waals surface area contributed by atoms with Crippen molar-refractivity contribution in [2.24, 2.45) is 0 Å². The van der Waals surface area contributed by atoms with Crippen LogP contribution in [0.5, 0.6) is 0 Å². The Morgan fingerprint density at radius 1 is 1.24 bits per heavy atom. The lowest BCUT2D eigenvalue weighted by Gasteiger charge is -2.13. The highest BCUT2D eigenvalue weighted by Gasteiger charge is 2.34. The summed E-state index contributed by atoms with van der Waals surface area (Å²) in [4.78, 5) is 0. The minimum Gasteiger partial charge on any atom is -0.399 e. The van der Waals surface area contributed by atoms with Crippen molar-refractivity contribution in [1.82, 2.24) is 9.78 Å². The summed E-state index contributed by atoms with van der Waals surface area (Å²) >= 11 is 3.08. The van der Waals surface area contributed by atoms with E-state index in [1.165, 1.54) is 18.3 Å². The molecule has 1 heterocycles. The summed E-state index contributed by atoms with van der Waals surface area (Å²) in [6.07, 6.45) is -3.03. The molecule has 3 nitrogen and oxygen atoms in total. The summed E-state index contributed by atoms with van der Waals surface area (Å²) in [6.45, 7) is 0. The van der Waals surface area contributed by atoms with Gasteiger partial charge in [-0.05, 0) is 40.2 Å². The number of hydrogen-bond acceptors (Lipinski definition) is 2. The van der Waals surface area contributed by atoms with Gasteiger partial charge in [-0.25, -0.2) is 4.68 Å². The summed E-state index contributed by atoms with van der Waals surface area (Å²) in [7, 11) is 0. The minimum absolute atomic E-state index is 0.0580. The molecule has 0 aliphatic heterocycles. The average molecular weight is 306 g/mol. The SMILES string of the molecule is Nc1ccc(-n2ccc(Br)n2)c(C(F)(F)F)c1. The normalized spacial score (nSPS) is 11.8. The minimum atomic E-state index is -4.47. The molecule has 1 aromatic carbocycles. The molecule has 7 heteroatoms. The second-order valence-corrected chi connectivity index (χ2v) is 4.17. The molecule has 2 rings (SSSR count). The lowest BCUT2D eigenvalue weighted by atomic mass is 10.1. The Kier molecular flexibility index (Phi) is 2.86. The molecule has 0 radical (unpaired) electrons. The number of benzene rings is 1. The largest absolute Gasteiger partial charge is 0.418 e. The standard InChI is InChI=1S/C10H7BrF3N3/c11-9-3-4-17(16-9)8-2-1-6(15)5-7(8)10(12,13)14/h1-5H,15H2. The van der Waals surface area contributed by atoms with Crippen LogP contribution in [0.4, 0.5) is 18.9 Å². The van der Waals surface area contributed by atoms with Gasteiger partial charge in [-0.1, -0.05) is 0 Å². The molecule has 0 spiro atoms. The number of nitrogens with zero attached hydrogens (tertiary/aromatic N) is 2. The summed E-state index contributed by atoms with van der Waals surface area (Å²) in [5.41, 5.74) is 4.56. The lowest BCUT2D eigenvalue weighted by Crippen LogP contribution is -2.11. The molecule has 1 aromatic heterocycles. The summed E-state index contributed by atoms with van der Waals surface area (Å²) in [6, 6.07) is 5.14. The first-order valence-corrected chi connectivity index (χ1v) is 5.35. The van der Waals surface area contributed by atoms with Crippen molar-refractivity contribution in [2.45, 2.75) is 6.18 Å². The van der Waals surface area contributed by atoms with Gasteiger partial charge in [0.2, 0.25) is 0 Å². The van der Waals surface area contributed by atoms with Crippen molar-refractivity contribution in [3.05, 3.63) is 40.6 Å². The van der Waals surface area contributed by atoms with Crippen molar-refractivity contribution >= 4 is 21.6 Å². The number of nitrogen functional groups attached to an aromatic ring is 1. The number of rotatable bonds is 1. The van der Waals surface area contributed by atoms with Crippen molar-refractivity contribution in [3.8, 4) is 5.69 Å². The van der Waals surface area contributed by atoms with E-state index in [1.807, 2.05) is 0 Å². The van der Waals surface area contributed by atoms with E-state index in [2.05, 4.69) is 21.0 Å². The van der Waals surface area contributed by atoms with Crippen LogP contribution in [0.1, 0.15) is 5.56 Å². The number of halogens is 4. The fourth-order valence-electron chi connectivity index (χ4n) is 1.42. The smallest absolute Gasteiger partial charge is 0.399 e. The molecule has 90 valence electrons. The van der Waals surface area contributed by atoms with E-state index in [0.29, 0.717) is 4.60 Å². The van der Waals surface area contributed by atoms with Crippen LogP contribution < -0.4 is 5.73 Å². The van der Waals surface area contributed by atoms with Gasteiger partial charge in [0.25, 0.3) is 0 Å². The average Bonchev–Trinajstić information content (AvgIpc) is 2.63. The molecule has 2 aromatic rings. The molecule has 2 N–H and O–H groups in total. The van der Waals surface area contributed by atoms with E-state index >= 15 is 0 Å². The second kappa shape index (κ2) is 4.06. The Bertz CT molecular complexity index is 548. The molecule has 0 aliphatic carbocycles. The van der Waals surface area contributed by atoms with Gasteiger partial charge in [0, 0.05) is 11.9 Å². The lowest BCUT2D eigenvalue weighted by molar-refractivity contribution is -0.137. The monoisotopic (exact) mass is 305 g/mol. The summed E-state index contributed by atoms with van der Waals surface area (Å²) < 4.78 is 40.0. The maximum Gasteiger partial charge on any atom is 0.418 e. The predicted octanol–water partition coefficient (Wildman–Crippen LogP) is 3.24. The molecule has 0 aliphatic rings. The molecule has 0 unspecified atom stereocenters. The van der Waals surface area contributed by atoms with Crippen LogP contribution in [-0.4, -0.2) is 9.78 Å². The van der Waals surface area contributed by atoms with Gasteiger partial charge in [-0.2, -0.15) is 18.3 Å². The van der Waals surface area contributed by atoms with Gasteiger partial charge in [-0.15, -0.1) is 0 Å². The van der Waals surface area contributed by atoms with Crippen molar-refractivity contribution in [3.63, 3.8) is 0 Å². The predicted molar refractivity (Wildman–Crippen MR) is 60.7 cm³/mol. The van der Waals surface area contributed by atoms with Gasteiger partial charge < -0.3 is 5.73 Å². The van der Waals surface area contributed by atoms with Crippen LogP contribution >= 0.6 is 15.9 Å². The highest BCUT2D eigenvalue weighted by atomic mass is 79.9. The second-order valence-electron chi connectivity index (χ2n) is 3.36. The zero-order valence-electron chi connectivity index (χ0n) is 8.37. The Hall–Kier alpha value is -1.50. The van der Waals surface area contributed by atoms with Crippen LogP contribution in [0.25, 0.3) is 5.69 Å². The quantitative estimate of drug-likeness (QED) is 0.822. The number of alkyl halides is 3. The van der Waals surface area contributed by atoms with Crippen molar-refractivity contribution in [1.29, 1.82) is 0 Å². The first kappa shape index (κ1) is 12.0. The van der Waals surface area contributed by atoms with E-state index in [0.717, 1.165) is 10.7 Å². The van der Waals surface area contributed by atoms with Crippen LogP contribution in [0.3, 0.4) is 0 Å². The van der Waals surface area contributed by atoms with Gasteiger partial charge in [0.05, 0.1) is 11.3 Å². The van der Waals surface area contributed by atoms with E-state index in [9.17, 15) is 13.2 Å². The van der Waals surface area contributed by atoms with Gasteiger partial charge >= 0.3 is 6.18 Å². The van der Waals surface area contributed by atoms with Crippen molar-refractivity contribution in [2.75, 3.05) is 5.73 Å². The topological polar surface area (TPSA) is 43.8 Å². The third kappa shape index (κ3) is 2.44. The number of aromatic nitrogens is 2. The van der Waals surface area contributed by atoms with Crippen LogP contribution in [0, 0.1) is 0 Å². The highest BCUT2D eigenvalue weighted by molar-refractivity contribution is 9.10. The fraction of sp³-hybridized carbons (Fsp3) is 0.100. The zero-order valence-corrected chi connectivity index (χ0v) is 9.96. The van der Waals surface area contributed by atoms with Crippen LogP contribution in [-0.2, 0) is 6.18 Å². The maximum atomic E-state index is 12.8. The molecule has 0 saturated heterocycles. The van der Waals surface area contributed by atoms with Crippen LogP contribution in [0.2, 0.25) is 0 Å². The molecule has 0 atom stereocenters. The third-order valence-electron chi connectivity index (χ3n) is 2.13. The zero-order chi connectivity index (χ0) is 12.6. The summed E-state index contributed by atoms with van der Waals surface area (Å²) in [5, 5.41) is 3.88. The summed E-state index contributed by atoms with van der Waals surface area (Å²) in [5.74, 6) is 0. The Balaban J connectivity index is 2.61. The Morgan fingerprint density at radius 2 is 1.94 bits per heavy atom. The van der Waals surface area contributed by atoms with Gasteiger partial charge in [0.1, 0.15) is 4.60 Å². The van der Waals surface area contributed by atoms with Crippen LogP contribution in [0.15, 0.2) is 35.1 Å². The first-order chi connectivity index (χ1) is 7.88. The molecule has 0 fully saturated rings. The molecular weight excluding hydrogens is 299 g/mol. The van der Waals surface area contributed by atoms with Gasteiger partial charge in [0.15, 0.2) is 0 Å². The molecular formula is C10H7BrF3N3. The number of anilines is 1. The molecule has 0 amide bonds. The Morgan fingerprint density at radius 3 is 2.47 bits per heavy atom. The number of hydrogen-bond donors (Lipinski definition) is 1. The van der Waals surface area contributed by atoms with Gasteiger partial charge in [-0.3, -0.25) is 0 Å². The van der Waals surface area contributed by atoms with E-state index < -0.39 is 11.7 Å². The van der Waals surface area contributed by atoms with Crippen molar-refractivity contribution < 1.29 is 13.2 Å². The fourth-order valence-corrected chi connectivity index (χ4v) is 1.71.